The van der Waals surface area contributed by atoms with Gasteiger partial charge in [-0.2, -0.15) is 5.26 Å². The maximum Gasteiger partial charge on any atom is 0.311 e. The van der Waals surface area contributed by atoms with Crippen LogP contribution in [0.25, 0.3) is 0 Å². The maximum atomic E-state index is 11.0. The smallest absolute Gasteiger partial charge is 0.311 e. The Balaban J connectivity index is 2.13. The van der Waals surface area contributed by atoms with E-state index in [2.05, 4.69) is 16.4 Å². The second-order valence-corrected chi connectivity index (χ2v) is 4.40. The Kier molecular flexibility index (Phi) is 2.72. The minimum absolute atomic E-state index is 0.327. The number of hydrogen-bond acceptors (Lipinski definition) is 4. The van der Waals surface area contributed by atoms with Crippen molar-refractivity contribution in [2.45, 2.75) is 19.8 Å². The Labute approximate surface area is 99.1 Å². The minimum Gasteiger partial charge on any atom is -0.481 e. The number of pyridine rings is 1. The van der Waals surface area contributed by atoms with Crippen LogP contribution in [0, 0.1) is 23.7 Å². The van der Waals surface area contributed by atoms with E-state index in [1.807, 2.05) is 6.92 Å². The quantitative estimate of drug-likeness (QED) is 0.820. The molecule has 2 N–H and O–H groups in total. The molecule has 5 heteroatoms. The molecule has 0 aliphatic heterocycles. The van der Waals surface area contributed by atoms with E-state index >= 15 is 0 Å². The molecule has 0 atom stereocenters. The van der Waals surface area contributed by atoms with E-state index in [0.717, 1.165) is 5.56 Å². The van der Waals surface area contributed by atoms with Gasteiger partial charge < -0.3 is 10.4 Å². The largest absolute Gasteiger partial charge is 0.481 e. The second-order valence-electron chi connectivity index (χ2n) is 4.40. The van der Waals surface area contributed by atoms with E-state index in [-0.39, 0.29) is 0 Å². The van der Waals surface area contributed by atoms with Gasteiger partial charge in [0.2, 0.25) is 0 Å². The molecule has 1 aromatic heterocycles. The zero-order valence-electron chi connectivity index (χ0n) is 9.53. The zero-order valence-corrected chi connectivity index (χ0v) is 9.53. The van der Waals surface area contributed by atoms with Gasteiger partial charge in [-0.25, -0.2) is 4.98 Å². The molecule has 2 rings (SSSR count). The van der Waals surface area contributed by atoms with E-state index in [0.29, 0.717) is 30.8 Å². The second kappa shape index (κ2) is 4.06. The summed E-state index contributed by atoms with van der Waals surface area (Å²) < 4.78 is 0. The maximum absolute atomic E-state index is 11.0. The van der Waals surface area contributed by atoms with Gasteiger partial charge in [0.25, 0.3) is 0 Å². The van der Waals surface area contributed by atoms with Crippen molar-refractivity contribution in [1.29, 1.82) is 5.26 Å². The first kappa shape index (κ1) is 11.4. The van der Waals surface area contributed by atoms with E-state index < -0.39 is 11.4 Å². The van der Waals surface area contributed by atoms with Crippen LogP contribution < -0.4 is 5.32 Å². The van der Waals surface area contributed by atoms with Crippen molar-refractivity contribution in [1.82, 2.24) is 4.98 Å². The van der Waals surface area contributed by atoms with E-state index in [1.54, 1.807) is 12.3 Å². The van der Waals surface area contributed by atoms with Crippen LogP contribution in [0.1, 0.15) is 24.0 Å². The van der Waals surface area contributed by atoms with Crippen molar-refractivity contribution in [3.05, 3.63) is 23.4 Å². The molecule has 0 unspecified atom stereocenters. The lowest BCUT2D eigenvalue weighted by Crippen LogP contribution is -2.25. The Morgan fingerprint density at radius 3 is 2.94 bits per heavy atom. The number of aromatic nitrogens is 1. The number of carboxylic acid groups (broad SMARTS) is 1. The number of nitrogens with one attached hydrogen (secondary N) is 1. The zero-order chi connectivity index (χ0) is 12.5. The van der Waals surface area contributed by atoms with Crippen LogP contribution in [0.4, 0.5) is 5.82 Å². The molecule has 1 heterocycles. The number of nitrogens with zero attached hydrogens (tertiary/aromatic N) is 2. The summed E-state index contributed by atoms with van der Waals surface area (Å²) in [6, 6.07) is 3.84. The van der Waals surface area contributed by atoms with E-state index in [4.69, 9.17) is 10.4 Å². The van der Waals surface area contributed by atoms with Crippen LogP contribution in [0.3, 0.4) is 0 Å². The summed E-state index contributed by atoms with van der Waals surface area (Å²) in [5.74, 6) is -0.309. The summed E-state index contributed by atoms with van der Waals surface area (Å²) in [5, 5.41) is 21.0. The van der Waals surface area contributed by atoms with Crippen LogP contribution >= 0.6 is 0 Å². The van der Waals surface area contributed by atoms with Gasteiger partial charge in [-0.1, -0.05) is 0 Å². The Hall–Kier alpha value is -2.09. The van der Waals surface area contributed by atoms with Gasteiger partial charge in [-0.3, -0.25) is 4.79 Å². The molecule has 0 saturated heterocycles. The predicted octanol–water partition coefficient (Wildman–Crippen LogP) is 1.54. The van der Waals surface area contributed by atoms with Crippen molar-refractivity contribution in [2.75, 3.05) is 11.9 Å². The first-order valence-electron chi connectivity index (χ1n) is 5.42. The average molecular weight is 231 g/mol. The molecular formula is C12H13N3O2. The third-order valence-electron chi connectivity index (χ3n) is 3.17. The Morgan fingerprint density at radius 2 is 2.41 bits per heavy atom. The molecular weight excluding hydrogens is 218 g/mol. The fourth-order valence-corrected chi connectivity index (χ4v) is 1.70. The highest BCUT2D eigenvalue weighted by atomic mass is 16.4. The number of hydrogen-bond donors (Lipinski definition) is 2. The molecule has 1 saturated carbocycles. The number of carbonyl (C=O) groups is 1. The molecule has 1 fully saturated rings. The third kappa shape index (κ3) is 2.07. The molecule has 0 amide bonds. The van der Waals surface area contributed by atoms with Crippen molar-refractivity contribution in [3.8, 4) is 6.07 Å². The molecule has 1 aliphatic carbocycles. The molecule has 0 bridgehead atoms. The van der Waals surface area contributed by atoms with Crippen LogP contribution in [0.2, 0.25) is 0 Å². The Bertz CT molecular complexity index is 501. The number of rotatable bonds is 4. The predicted molar refractivity (Wildman–Crippen MR) is 61.5 cm³/mol. The molecule has 0 radical (unpaired) electrons. The standard InChI is InChI=1S/C12H13N3O2/c1-8-2-5-14-10(9(8)6-13)15-7-12(3-4-12)11(16)17/h2,5H,3-4,7H2,1H3,(H,14,15)(H,16,17). The molecule has 0 spiro atoms. The topological polar surface area (TPSA) is 86.0 Å². The molecule has 1 aromatic rings. The summed E-state index contributed by atoms with van der Waals surface area (Å²) in [6.07, 6.45) is 2.98. The van der Waals surface area contributed by atoms with Crippen molar-refractivity contribution in [3.63, 3.8) is 0 Å². The van der Waals surface area contributed by atoms with Gasteiger partial charge in [-0.15, -0.1) is 0 Å². The summed E-state index contributed by atoms with van der Waals surface area (Å²) in [6.45, 7) is 2.16. The van der Waals surface area contributed by atoms with E-state index in [9.17, 15) is 4.79 Å². The first-order chi connectivity index (χ1) is 8.09. The molecule has 0 aromatic carbocycles. The van der Waals surface area contributed by atoms with Gasteiger partial charge in [-0.05, 0) is 31.4 Å². The molecule has 88 valence electrons. The minimum atomic E-state index is -0.781. The van der Waals surface area contributed by atoms with Crippen molar-refractivity contribution >= 4 is 11.8 Å². The molecule has 5 nitrogen and oxygen atoms in total. The average Bonchev–Trinajstić information content (AvgIpc) is 3.07. The van der Waals surface area contributed by atoms with Gasteiger partial charge in [0.05, 0.1) is 11.0 Å². The molecule has 1 aliphatic rings. The lowest BCUT2D eigenvalue weighted by molar-refractivity contribution is -0.142. The van der Waals surface area contributed by atoms with E-state index in [1.165, 1.54) is 0 Å². The van der Waals surface area contributed by atoms with Crippen molar-refractivity contribution in [2.24, 2.45) is 5.41 Å². The van der Waals surface area contributed by atoms with Crippen LogP contribution in [0.5, 0.6) is 0 Å². The third-order valence-corrected chi connectivity index (χ3v) is 3.17. The monoisotopic (exact) mass is 231 g/mol. The number of aryl methyl sites for hydroxylation is 1. The van der Waals surface area contributed by atoms with Gasteiger partial charge in [0, 0.05) is 12.7 Å². The van der Waals surface area contributed by atoms with Gasteiger partial charge in [0.15, 0.2) is 0 Å². The van der Waals surface area contributed by atoms with Crippen LogP contribution in [0.15, 0.2) is 12.3 Å². The lowest BCUT2D eigenvalue weighted by atomic mass is 10.1. The fourth-order valence-electron chi connectivity index (χ4n) is 1.70. The highest BCUT2D eigenvalue weighted by molar-refractivity contribution is 5.78. The summed E-state index contributed by atoms with van der Waals surface area (Å²) in [7, 11) is 0. The normalized spacial score (nSPS) is 16.0. The van der Waals surface area contributed by atoms with Gasteiger partial charge in [0.1, 0.15) is 11.9 Å². The van der Waals surface area contributed by atoms with Gasteiger partial charge >= 0.3 is 5.97 Å². The summed E-state index contributed by atoms with van der Waals surface area (Å²) >= 11 is 0. The number of anilines is 1. The fraction of sp³-hybridized carbons (Fsp3) is 0.417. The number of aliphatic carboxylic acids is 1. The highest BCUT2D eigenvalue weighted by Crippen LogP contribution is 2.45. The van der Waals surface area contributed by atoms with Crippen molar-refractivity contribution < 1.29 is 9.90 Å². The lowest BCUT2D eigenvalue weighted by Gasteiger charge is -2.13. The first-order valence-corrected chi connectivity index (χ1v) is 5.42. The Morgan fingerprint density at radius 1 is 1.71 bits per heavy atom. The van der Waals surface area contributed by atoms with Crippen LogP contribution in [-0.4, -0.2) is 22.6 Å². The highest BCUT2D eigenvalue weighted by Gasteiger charge is 2.50. The molecule has 17 heavy (non-hydrogen) atoms. The number of carboxylic acids is 1. The number of nitriles is 1. The summed E-state index contributed by atoms with van der Waals surface area (Å²) in [5.41, 5.74) is 0.664. The summed E-state index contributed by atoms with van der Waals surface area (Å²) in [4.78, 5) is 15.1. The SMILES string of the molecule is Cc1ccnc(NCC2(C(=O)O)CC2)c1C#N. The van der Waals surface area contributed by atoms with Crippen LogP contribution in [-0.2, 0) is 4.79 Å².